The van der Waals surface area contributed by atoms with E-state index in [1.54, 1.807) is 6.07 Å². The van der Waals surface area contributed by atoms with Crippen LogP contribution < -0.4 is 11.5 Å². The standard InChI is InChI=1S/C7H7BrFNO.C7H5BrFNO/c2*8-5-1-4(3-11)7(10)6(9)2-5/h1-2,11H,3,10H2;1-3H,10H2. The summed E-state index contributed by atoms with van der Waals surface area (Å²) in [6.07, 6.45) is 0.517. The molecule has 0 bridgehead atoms. The molecule has 8 heteroatoms. The van der Waals surface area contributed by atoms with E-state index in [2.05, 4.69) is 31.9 Å². The highest BCUT2D eigenvalue weighted by Gasteiger charge is 2.05. The molecule has 2 rings (SSSR count). The molecular weight excluding hydrogens is 426 g/mol. The second-order valence-corrected chi connectivity index (χ2v) is 5.96. The van der Waals surface area contributed by atoms with Gasteiger partial charge in [0.25, 0.3) is 0 Å². The van der Waals surface area contributed by atoms with Crippen LogP contribution in [0.15, 0.2) is 33.2 Å². The number of aldehydes is 1. The Kier molecular flexibility index (Phi) is 6.92. The van der Waals surface area contributed by atoms with E-state index in [0.29, 0.717) is 20.8 Å². The molecule has 4 nitrogen and oxygen atoms in total. The molecule has 0 aromatic heterocycles. The lowest BCUT2D eigenvalue weighted by Gasteiger charge is -2.03. The van der Waals surface area contributed by atoms with Crippen molar-refractivity contribution in [1.29, 1.82) is 0 Å². The van der Waals surface area contributed by atoms with Crippen molar-refractivity contribution >= 4 is 49.5 Å². The molecule has 0 heterocycles. The average molecular weight is 438 g/mol. The van der Waals surface area contributed by atoms with Crippen molar-refractivity contribution in [2.45, 2.75) is 6.61 Å². The Bertz CT molecular complexity index is 697. The number of aliphatic hydroxyl groups is 1. The van der Waals surface area contributed by atoms with Crippen LogP contribution in [0.1, 0.15) is 15.9 Å². The van der Waals surface area contributed by atoms with Crippen molar-refractivity contribution in [2.24, 2.45) is 0 Å². The summed E-state index contributed by atoms with van der Waals surface area (Å²) in [6.45, 7) is -0.248. The van der Waals surface area contributed by atoms with Gasteiger partial charge in [-0.15, -0.1) is 0 Å². The fourth-order valence-electron chi connectivity index (χ4n) is 1.47. The zero-order valence-electron chi connectivity index (χ0n) is 11.1. The third kappa shape index (κ3) is 4.75. The first-order valence-corrected chi connectivity index (χ1v) is 7.42. The predicted octanol–water partition coefficient (Wildman–Crippen LogP) is 3.65. The van der Waals surface area contributed by atoms with Crippen LogP contribution in [-0.2, 0) is 6.61 Å². The first-order valence-electron chi connectivity index (χ1n) is 5.84. The fraction of sp³-hybridized carbons (Fsp3) is 0.0714. The molecule has 0 atom stereocenters. The van der Waals surface area contributed by atoms with E-state index in [4.69, 9.17) is 16.6 Å². The maximum absolute atomic E-state index is 12.8. The van der Waals surface area contributed by atoms with Gasteiger partial charge in [-0.05, 0) is 24.3 Å². The number of carbonyl (C=O) groups is 1. The van der Waals surface area contributed by atoms with Crippen molar-refractivity contribution in [3.05, 3.63) is 56.0 Å². The number of aliphatic hydroxyl groups excluding tert-OH is 1. The lowest BCUT2D eigenvalue weighted by Crippen LogP contribution is -1.97. The zero-order chi connectivity index (χ0) is 16.9. The van der Waals surface area contributed by atoms with Gasteiger partial charge in [0.15, 0.2) is 6.29 Å². The van der Waals surface area contributed by atoms with E-state index in [1.807, 2.05) is 0 Å². The van der Waals surface area contributed by atoms with Crippen LogP contribution in [-0.4, -0.2) is 11.4 Å². The Morgan fingerprint density at radius 2 is 1.50 bits per heavy atom. The Labute approximate surface area is 142 Å². The molecule has 0 aliphatic rings. The molecule has 0 aliphatic carbocycles. The number of rotatable bonds is 2. The molecule has 2 aromatic rings. The molecular formula is C14H12Br2F2N2O2. The van der Waals surface area contributed by atoms with Gasteiger partial charge in [0.2, 0.25) is 0 Å². The van der Waals surface area contributed by atoms with Crippen LogP contribution in [0.3, 0.4) is 0 Å². The minimum Gasteiger partial charge on any atom is -0.396 e. The molecule has 2 aromatic carbocycles. The quantitative estimate of drug-likeness (QED) is 0.494. The van der Waals surface area contributed by atoms with Crippen LogP contribution in [0.25, 0.3) is 0 Å². The highest BCUT2D eigenvalue weighted by atomic mass is 79.9. The number of hydrogen-bond acceptors (Lipinski definition) is 4. The van der Waals surface area contributed by atoms with Crippen molar-refractivity contribution in [3.8, 4) is 0 Å². The zero-order valence-corrected chi connectivity index (χ0v) is 14.3. The predicted molar refractivity (Wildman–Crippen MR) is 88.3 cm³/mol. The third-order valence-electron chi connectivity index (χ3n) is 2.60. The molecule has 0 saturated heterocycles. The molecule has 0 unspecified atom stereocenters. The molecule has 118 valence electrons. The van der Waals surface area contributed by atoms with Crippen molar-refractivity contribution < 1.29 is 18.7 Å². The third-order valence-corrected chi connectivity index (χ3v) is 3.52. The lowest BCUT2D eigenvalue weighted by molar-refractivity contribution is 0.112. The van der Waals surface area contributed by atoms with E-state index >= 15 is 0 Å². The summed E-state index contributed by atoms with van der Waals surface area (Å²) in [6, 6.07) is 5.51. The fourth-order valence-corrected chi connectivity index (χ4v) is 2.40. The number of halogens is 4. The smallest absolute Gasteiger partial charge is 0.152 e. The molecule has 0 amide bonds. The van der Waals surface area contributed by atoms with Gasteiger partial charge in [-0.25, -0.2) is 8.78 Å². The van der Waals surface area contributed by atoms with Crippen LogP contribution >= 0.6 is 31.9 Å². The van der Waals surface area contributed by atoms with E-state index in [1.165, 1.54) is 18.2 Å². The van der Waals surface area contributed by atoms with E-state index in [-0.39, 0.29) is 23.5 Å². The minimum absolute atomic E-state index is 0.00991. The second kappa shape index (κ2) is 8.21. The van der Waals surface area contributed by atoms with E-state index < -0.39 is 11.6 Å². The highest BCUT2D eigenvalue weighted by molar-refractivity contribution is 9.10. The maximum atomic E-state index is 12.8. The average Bonchev–Trinajstić information content (AvgIpc) is 2.47. The van der Waals surface area contributed by atoms with Gasteiger partial charge in [-0.1, -0.05) is 31.9 Å². The van der Waals surface area contributed by atoms with Crippen LogP contribution in [0, 0.1) is 11.6 Å². The van der Waals surface area contributed by atoms with E-state index in [9.17, 15) is 13.6 Å². The monoisotopic (exact) mass is 436 g/mol. The first-order chi connectivity index (χ1) is 10.3. The minimum atomic E-state index is -0.582. The lowest BCUT2D eigenvalue weighted by atomic mass is 10.2. The second-order valence-electron chi connectivity index (χ2n) is 4.13. The van der Waals surface area contributed by atoms with Crippen LogP contribution in [0.2, 0.25) is 0 Å². The maximum Gasteiger partial charge on any atom is 0.152 e. The Morgan fingerprint density at radius 3 is 2.00 bits per heavy atom. The number of anilines is 2. The van der Waals surface area contributed by atoms with Crippen molar-refractivity contribution in [3.63, 3.8) is 0 Å². The summed E-state index contributed by atoms with van der Waals surface area (Å²) < 4.78 is 26.6. The van der Waals surface area contributed by atoms with Gasteiger partial charge in [-0.2, -0.15) is 0 Å². The summed E-state index contributed by atoms with van der Waals surface area (Å²) in [5.41, 5.74) is 11.0. The number of hydrogen-bond donors (Lipinski definition) is 3. The SMILES string of the molecule is Nc1c(F)cc(Br)cc1C=O.Nc1c(F)cc(Br)cc1CO. The normalized spacial score (nSPS) is 9.86. The molecule has 0 saturated carbocycles. The van der Waals surface area contributed by atoms with Gasteiger partial charge in [-0.3, -0.25) is 4.79 Å². The first kappa shape index (κ1) is 18.5. The summed E-state index contributed by atoms with van der Waals surface area (Å²) in [7, 11) is 0. The summed E-state index contributed by atoms with van der Waals surface area (Å²) in [5, 5.41) is 8.70. The largest absolute Gasteiger partial charge is 0.396 e. The number of nitrogen functional groups attached to an aromatic ring is 2. The molecule has 22 heavy (non-hydrogen) atoms. The molecule has 0 aliphatic heterocycles. The van der Waals surface area contributed by atoms with Crippen LogP contribution in [0.4, 0.5) is 20.2 Å². The Balaban J connectivity index is 0.000000220. The van der Waals surface area contributed by atoms with Gasteiger partial charge in [0.1, 0.15) is 11.6 Å². The summed E-state index contributed by atoms with van der Waals surface area (Å²) in [4.78, 5) is 10.3. The highest BCUT2D eigenvalue weighted by Crippen LogP contribution is 2.22. The topological polar surface area (TPSA) is 89.3 Å². The van der Waals surface area contributed by atoms with Gasteiger partial charge in [0, 0.05) is 20.1 Å². The van der Waals surface area contributed by atoms with Crippen molar-refractivity contribution in [1.82, 2.24) is 0 Å². The molecule has 0 fully saturated rings. The number of nitrogens with two attached hydrogens (primary N) is 2. The summed E-state index contributed by atoms with van der Waals surface area (Å²) >= 11 is 6.11. The van der Waals surface area contributed by atoms with Gasteiger partial charge < -0.3 is 16.6 Å². The van der Waals surface area contributed by atoms with Gasteiger partial charge in [0.05, 0.1) is 18.0 Å². The van der Waals surface area contributed by atoms with Crippen molar-refractivity contribution in [2.75, 3.05) is 11.5 Å². The molecule has 0 spiro atoms. The van der Waals surface area contributed by atoms with Crippen LogP contribution in [0.5, 0.6) is 0 Å². The van der Waals surface area contributed by atoms with E-state index in [0.717, 1.165) is 0 Å². The van der Waals surface area contributed by atoms with Gasteiger partial charge >= 0.3 is 0 Å². The Hall–Kier alpha value is -1.51. The summed E-state index contributed by atoms with van der Waals surface area (Å²) in [5.74, 6) is -1.09. The number of benzene rings is 2. The molecule has 0 radical (unpaired) electrons. The molecule has 5 N–H and O–H groups in total. The number of carbonyl (C=O) groups excluding carboxylic acids is 1. The Morgan fingerprint density at radius 1 is 1.00 bits per heavy atom.